The van der Waals surface area contributed by atoms with Crippen molar-refractivity contribution in [2.75, 3.05) is 5.75 Å². The van der Waals surface area contributed by atoms with E-state index in [1.807, 2.05) is 0 Å². The van der Waals surface area contributed by atoms with Gasteiger partial charge in [0.15, 0.2) is 0 Å². The molecule has 1 saturated carbocycles. The number of hydrogen-bond acceptors (Lipinski definition) is 3. The van der Waals surface area contributed by atoms with E-state index in [0.29, 0.717) is 6.42 Å². The molecule has 0 aromatic rings. The fraction of sp³-hybridized carbons (Fsp3) is 0.909. The van der Waals surface area contributed by atoms with Crippen LogP contribution in [-0.2, 0) is 4.79 Å². The highest BCUT2D eigenvalue weighted by atomic mass is 32.2. The molecule has 2 rings (SSSR count). The van der Waals surface area contributed by atoms with Gasteiger partial charge < -0.3 is 10.2 Å². The maximum Gasteiger partial charge on any atom is 0.319 e. The summed E-state index contributed by atoms with van der Waals surface area (Å²) in [6.45, 7) is 0. The molecule has 0 spiro atoms. The van der Waals surface area contributed by atoms with Crippen molar-refractivity contribution < 1.29 is 15.0 Å². The number of carboxylic acid groups (broad SMARTS) is 1. The van der Waals surface area contributed by atoms with Gasteiger partial charge in [0, 0.05) is 6.42 Å². The Bertz CT molecular complexity index is 253. The predicted molar refractivity (Wildman–Crippen MR) is 60.1 cm³/mol. The number of rotatable bonds is 3. The second-order valence-electron chi connectivity index (χ2n) is 4.86. The minimum atomic E-state index is -0.731. The van der Waals surface area contributed by atoms with Crippen molar-refractivity contribution in [2.45, 2.75) is 55.3 Å². The summed E-state index contributed by atoms with van der Waals surface area (Å²) in [5, 5.41) is 19.6. The lowest BCUT2D eigenvalue weighted by molar-refractivity contribution is -0.142. The van der Waals surface area contributed by atoms with Crippen molar-refractivity contribution in [1.82, 2.24) is 0 Å². The van der Waals surface area contributed by atoms with Crippen LogP contribution in [0.5, 0.6) is 0 Å². The van der Waals surface area contributed by atoms with E-state index in [0.717, 1.165) is 44.3 Å². The predicted octanol–water partition coefficient (Wildman–Crippen LogP) is 2.03. The third-order valence-corrected chi connectivity index (χ3v) is 5.21. The SMILES string of the molecule is O=C(O)C1(CC2(O)CCCC2)CCCS1. The Labute approximate surface area is 94.3 Å². The van der Waals surface area contributed by atoms with E-state index in [1.54, 1.807) is 0 Å². The van der Waals surface area contributed by atoms with Crippen LogP contribution < -0.4 is 0 Å². The molecule has 4 heteroatoms. The van der Waals surface area contributed by atoms with Crippen LogP contribution >= 0.6 is 11.8 Å². The summed E-state index contributed by atoms with van der Waals surface area (Å²) >= 11 is 1.52. The van der Waals surface area contributed by atoms with Crippen LogP contribution in [-0.4, -0.2) is 32.3 Å². The molecular weight excluding hydrogens is 212 g/mol. The van der Waals surface area contributed by atoms with Crippen molar-refractivity contribution >= 4 is 17.7 Å². The molecule has 1 unspecified atom stereocenters. The number of aliphatic hydroxyl groups is 1. The minimum Gasteiger partial charge on any atom is -0.480 e. The van der Waals surface area contributed by atoms with Crippen LogP contribution in [0.2, 0.25) is 0 Å². The van der Waals surface area contributed by atoms with Crippen LogP contribution in [0.4, 0.5) is 0 Å². The smallest absolute Gasteiger partial charge is 0.319 e. The fourth-order valence-electron chi connectivity index (χ4n) is 2.82. The highest BCUT2D eigenvalue weighted by Crippen LogP contribution is 2.47. The molecule has 0 bridgehead atoms. The number of aliphatic carboxylic acids is 1. The van der Waals surface area contributed by atoms with Crippen LogP contribution in [0.25, 0.3) is 0 Å². The van der Waals surface area contributed by atoms with Gasteiger partial charge in [0.2, 0.25) is 0 Å². The summed E-state index contributed by atoms with van der Waals surface area (Å²) in [7, 11) is 0. The first-order valence-corrected chi connectivity index (χ1v) is 6.65. The van der Waals surface area contributed by atoms with Crippen LogP contribution in [0.3, 0.4) is 0 Å². The van der Waals surface area contributed by atoms with Gasteiger partial charge in [-0.25, -0.2) is 0 Å². The van der Waals surface area contributed by atoms with Gasteiger partial charge in [-0.3, -0.25) is 4.79 Å². The van der Waals surface area contributed by atoms with Gasteiger partial charge in [-0.15, -0.1) is 11.8 Å². The van der Waals surface area contributed by atoms with Gasteiger partial charge in [0.05, 0.1) is 5.60 Å². The van der Waals surface area contributed by atoms with Crippen molar-refractivity contribution in [3.63, 3.8) is 0 Å². The van der Waals surface area contributed by atoms with Crippen molar-refractivity contribution in [3.05, 3.63) is 0 Å². The third kappa shape index (κ3) is 2.16. The number of hydrogen-bond donors (Lipinski definition) is 2. The summed E-state index contributed by atoms with van der Waals surface area (Å²) in [5.41, 5.74) is -0.699. The van der Waals surface area contributed by atoms with Crippen molar-refractivity contribution in [2.24, 2.45) is 0 Å². The standard InChI is InChI=1S/C11H18O3S/c12-9(13)11(6-3-7-15-11)8-10(14)4-1-2-5-10/h14H,1-8H2,(H,12,13). The molecular formula is C11H18O3S. The number of carbonyl (C=O) groups is 1. The Kier molecular flexibility index (Phi) is 2.99. The summed E-state index contributed by atoms with van der Waals surface area (Å²) < 4.78 is -0.695. The quantitative estimate of drug-likeness (QED) is 0.779. The van der Waals surface area contributed by atoms with Gasteiger partial charge in [0.1, 0.15) is 4.75 Å². The zero-order valence-electron chi connectivity index (χ0n) is 8.87. The van der Waals surface area contributed by atoms with Gasteiger partial charge >= 0.3 is 5.97 Å². The van der Waals surface area contributed by atoms with Crippen molar-refractivity contribution in [3.8, 4) is 0 Å². The summed E-state index contributed by atoms with van der Waals surface area (Å²) in [6, 6.07) is 0. The summed E-state index contributed by atoms with van der Waals surface area (Å²) in [4.78, 5) is 11.3. The number of thioether (sulfide) groups is 1. The highest BCUT2D eigenvalue weighted by molar-refractivity contribution is 8.01. The van der Waals surface area contributed by atoms with Crippen LogP contribution in [0.15, 0.2) is 0 Å². The molecule has 2 aliphatic rings. The molecule has 15 heavy (non-hydrogen) atoms. The lowest BCUT2D eigenvalue weighted by Crippen LogP contribution is -2.41. The molecule has 0 radical (unpaired) electrons. The Balaban J connectivity index is 2.09. The molecule has 1 aliphatic heterocycles. The summed E-state index contributed by atoms with van der Waals surface area (Å²) in [6.07, 6.45) is 5.77. The Morgan fingerprint density at radius 3 is 2.33 bits per heavy atom. The lowest BCUT2D eigenvalue weighted by atomic mass is 9.86. The second kappa shape index (κ2) is 3.98. The first-order valence-electron chi connectivity index (χ1n) is 5.66. The molecule has 2 N–H and O–H groups in total. The molecule has 3 nitrogen and oxygen atoms in total. The lowest BCUT2D eigenvalue weighted by Gasteiger charge is -2.32. The van der Waals surface area contributed by atoms with Gasteiger partial charge in [-0.2, -0.15) is 0 Å². The molecule has 1 saturated heterocycles. The molecule has 2 fully saturated rings. The second-order valence-corrected chi connectivity index (χ2v) is 6.34. The van der Waals surface area contributed by atoms with Gasteiger partial charge in [-0.05, 0) is 31.4 Å². The molecule has 1 aliphatic carbocycles. The Morgan fingerprint density at radius 1 is 1.20 bits per heavy atom. The highest BCUT2D eigenvalue weighted by Gasteiger charge is 2.48. The van der Waals surface area contributed by atoms with E-state index in [9.17, 15) is 15.0 Å². The maximum absolute atomic E-state index is 11.3. The average molecular weight is 230 g/mol. The molecule has 0 amide bonds. The van der Waals surface area contributed by atoms with Gasteiger partial charge in [0.25, 0.3) is 0 Å². The Hall–Kier alpha value is -0.220. The number of carboxylic acids is 1. The summed E-state index contributed by atoms with van der Waals surface area (Å²) in [5.74, 6) is 0.188. The maximum atomic E-state index is 11.3. The molecule has 0 aromatic heterocycles. The largest absolute Gasteiger partial charge is 0.480 e. The van der Waals surface area contributed by atoms with Crippen molar-refractivity contribution in [1.29, 1.82) is 0 Å². The average Bonchev–Trinajstić information content (AvgIpc) is 2.76. The molecule has 0 aromatic carbocycles. The molecule has 86 valence electrons. The first kappa shape index (κ1) is 11.3. The third-order valence-electron chi connectivity index (χ3n) is 3.64. The molecule has 1 heterocycles. The van der Waals surface area contributed by atoms with E-state index in [-0.39, 0.29) is 0 Å². The van der Waals surface area contributed by atoms with E-state index in [2.05, 4.69) is 0 Å². The fourth-order valence-corrected chi connectivity index (χ4v) is 4.28. The van der Waals surface area contributed by atoms with E-state index in [4.69, 9.17) is 0 Å². The zero-order valence-corrected chi connectivity index (χ0v) is 9.68. The zero-order chi connectivity index (χ0) is 10.9. The Morgan fingerprint density at radius 2 is 1.87 bits per heavy atom. The van der Waals surface area contributed by atoms with Crippen LogP contribution in [0.1, 0.15) is 44.9 Å². The van der Waals surface area contributed by atoms with Gasteiger partial charge in [-0.1, -0.05) is 12.8 Å². The monoisotopic (exact) mass is 230 g/mol. The normalized spacial score (nSPS) is 34.5. The van der Waals surface area contributed by atoms with E-state index < -0.39 is 16.3 Å². The minimum absolute atomic E-state index is 0.444. The van der Waals surface area contributed by atoms with E-state index in [1.165, 1.54) is 11.8 Å². The van der Waals surface area contributed by atoms with Crippen LogP contribution in [0, 0.1) is 0 Å². The topological polar surface area (TPSA) is 57.5 Å². The first-order chi connectivity index (χ1) is 7.06. The molecule has 1 atom stereocenters. The van der Waals surface area contributed by atoms with E-state index >= 15 is 0 Å².